The van der Waals surface area contributed by atoms with Crippen LogP contribution in [0.2, 0.25) is 0 Å². The summed E-state index contributed by atoms with van der Waals surface area (Å²) in [5, 5.41) is 0. The zero-order chi connectivity index (χ0) is 51.4. The van der Waals surface area contributed by atoms with Crippen LogP contribution in [0.25, 0.3) is 0 Å². The minimum atomic E-state index is -0.779. The van der Waals surface area contributed by atoms with E-state index in [9.17, 15) is 14.4 Å². The Morgan fingerprint density at radius 2 is 0.549 bits per heavy atom. The maximum absolute atomic E-state index is 12.9. The third-order valence-electron chi connectivity index (χ3n) is 13.5. The monoisotopic (exact) mass is 993 g/mol. The molecule has 1 unspecified atom stereocenters. The molecule has 0 saturated heterocycles. The van der Waals surface area contributed by atoms with Gasteiger partial charge in [-0.1, -0.05) is 293 Å². The van der Waals surface area contributed by atoms with Crippen LogP contribution in [0.3, 0.4) is 0 Å². The van der Waals surface area contributed by atoms with Crippen LogP contribution in [-0.2, 0) is 28.6 Å². The zero-order valence-electron chi connectivity index (χ0n) is 47.2. The Morgan fingerprint density at radius 1 is 0.296 bits per heavy atom. The van der Waals surface area contributed by atoms with E-state index in [2.05, 4.69) is 81.5 Å². The van der Waals surface area contributed by atoms with Crippen molar-refractivity contribution in [1.29, 1.82) is 0 Å². The molecule has 71 heavy (non-hydrogen) atoms. The third kappa shape index (κ3) is 57.9. The summed E-state index contributed by atoms with van der Waals surface area (Å²) in [6.45, 7) is 6.56. The van der Waals surface area contributed by atoms with Crippen LogP contribution in [0, 0.1) is 0 Å². The molecule has 0 rings (SSSR count). The lowest BCUT2D eigenvalue weighted by atomic mass is 10.0. The van der Waals surface area contributed by atoms with Gasteiger partial charge in [0.25, 0.3) is 0 Å². The second kappa shape index (κ2) is 59.7. The average molecular weight is 994 g/mol. The Morgan fingerprint density at radius 3 is 0.859 bits per heavy atom. The molecule has 0 aliphatic rings. The van der Waals surface area contributed by atoms with E-state index in [-0.39, 0.29) is 31.1 Å². The smallest absolute Gasteiger partial charge is 0.306 e. The lowest BCUT2D eigenvalue weighted by molar-refractivity contribution is -0.167. The van der Waals surface area contributed by atoms with Gasteiger partial charge in [0.15, 0.2) is 6.10 Å². The van der Waals surface area contributed by atoms with Gasteiger partial charge in [-0.05, 0) is 64.2 Å². The van der Waals surface area contributed by atoms with Crippen molar-refractivity contribution in [1.82, 2.24) is 0 Å². The Bertz CT molecular complexity index is 1280. The van der Waals surface area contributed by atoms with Crippen molar-refractivity contribution in [2.75, 3.05) is 13.2 Å². The van der Waals surface area contributed by atoms with Crippen LogP contribution >= 0.6 is 0 Å². The number of hydrogen-bond donors (Lipinski definition) is 0. The Hall–Kier alpha value is -2.89. The van der Waals surface area contributed by atoms with Gasteiger partial charge in [0.2, 0.25) is 0 Å². The van der Waals surface area contributed by atoms with Gasteiger partial charge < -0.3 is 14.2 Å². The molecular weight excluding hydrogens is 877 g/mol. The summed E-state index contributed by atoms with van der Waals surface area (Å²) >= 11 is 0. The molecule has 0 fully saturated rings. The first kappa shape index (κ1) is 68.1. The van der Waals surface area contributed by atoms with Crippen LogP contribution in [0.1, 0.15) is 316 Å². The minimum absolute atomic E-state index is 0.0759. The number of unbranched alkanes of at least 4 members (excludes halogenated alkanes) is 35. The van der Waals surface area contributed by atoms with E-state index >= 15 is 0 Å². The molecule has 0 aromatic rings. The van der Waals surface area contributed by atoms with E-state index in [1.165, 1.54) is 167 Å². The van der Waals surface area contributed by atoms with Crippen molar-refractivity contribution in [3.8, 4) is 0 Å². The zero-order valence-corrected chi connectivity index (χ0v) is 47.2. The number of ether oxygens (including phenoxy) is 3. The van der Waals surface area contributed by atoms with Gasteiger partial charge in [0.05, 0.1) is 0 Å². The molecule has 0 aromatic carbocycles. The number of carbonyl (C=O) groups is 3. The molecule has 0 aromatic heterocycles. The molecule has 412 valence electrons. The molecular formula is C65H116O6. The summed E-state index contributed by atoms with van der Waals surface area (Å²) in [6, 6.07) is 0. The maximum atomic E-state index is 12.9. The number of hydrogen-bond acceptors (Lipinski definition) is 6. The van der Waals surface area contributed by atoms with Gasteiger partial charge >= 0.3 is 17.9 Å². The predicted molar refractivity (Wildman–Crippen MR) is 307 cm³/mol. The lowest BCUT2D eigenvalue weighted by Gasteiger charge is -2.18. The summed E-state index contributed by atoms with van der Waals surface area (Å²) in [5.74, 6) is -0.876. The van der Waals surface area contributed by atoms with E-state index in [4.69, 9.17) is 14.2 Å². The summed E-state index contributed by atoms with van der Waals surface area (Å²) in [5.41, 5.74) is 0. The molecule has 0 aliphatic carbocycles. The third-order valence-corrected chi connectivity index (χ3v) is 13.5. The van der Waals surface area contributed by atoms with Gasteiger partial charge in [-0.15, -0.1) is 0 Å². The van der Waals surface area contributed by atoms with Gasteiger partial charge in [-0.3, -0.25) is 14.4 Å². The SMILES string of the molecule is CC/C=C\C/C=C\C/C=C\C/C=C\C/C=C\CCCCCCCC(=O)OCC(COC(=O)CCCCCCCCCCCCCCCCC)OC(=O)CCCCCCCCCCCCCCCCCCC. The number of rotatable bonds is 56. The van der Waals surface area contributed by atoms with E-state index in [0.717, 1.165) is 109 Å². The first-order valence-corrected chi connectivity index (χ1v) is 30.8. The summed E-state index contributed by atoms with van der Waals surface area (Å²) in [4.78, 5) is 38.3. The molecule has 0 spiro atoms. The molecule has 0 aliphatic heterocycles. The van der Waals surface area contributed by atoms with E-state index < -0.39 is 6.10 Å². The van der Waals surface area contributed by atoms with Crippen LogP contribution < -0.4 is 0 Å². The fourth-order valence-corrected chi connectivity index (χ4v) is 8.94. The predicted octanol–water partition coefficient (Wildman–Crippen LogP) is 20.8. The lowest BCUT2D eigenvalue weighted by Crippen LogP contribution is -2.30. The molecule has 1 atom stereocenters. The van der Waals surface area contributed by atoms with Crippen LogP contribution in [0.5, 0.6) is 0 Å². The van der Waals surface area contributed by atoms with Gasteiger partial charge in [-0.25, -0.2) is 0 Å². The van der Waals surface area contributed by atoms with Gasteiger partial charge in [0.1, 0.15) is 13.2 Å². The number of esters is 3. The molecule has 0 saturated carbocycles. The normalized spacial score (nSPS) is 12.4. The average Bonchev–Trinajstić information content (AvgIpc) is 3.37. The molecule has 6 nitrogen and oxygen atoms in total. The first-order valence-electron chi connectivity index (χ1n) is 30.8. The van der Waals surface area contributed by atoms with Crippen molar-refractivity contribution in [3.05, 3.63) is 60.8 Å². The van der Waals surface area contributed by atoms with Crippen molar-refractivity contribution in [2.45, 2.75) is 322 Å². The molecule has 6 heteroatoms. The molecule has 0 amide bonds. The van der Waals surface area contributed by atoms with Gasteiger partial charge in [0, 0.05) is 19.3 Å². The summed E-state index contributed by atoms with van der Waals surface area (Å²) in [6.07, 6.45) is 75.0. The summed E-state index contributed by atoms with van der Waals surface area (Å²) < 4.78 is 16.9. The molecule has 0 N–H and O–H groups in total. The van der Waals surface area contributed by atoms with Crippen molar-refractivity contribution < 1.29 is 28.6 Å². The number of carbonyl (C=O) groups excluding carboxylic acids is 3. The largest absolute Gasteiger partial charge is 0.462 e. The quantitative estimate of drug-likeness (QED) is 0.0261. The fourth-order valence-electron chi connectivity index (χ4n) is 8.94. The van der Waals surface area contributed by atoms with Crippen molar-refractivity contribution in [3.63, 3.8) is 0 Å². The van der Waals surface area contributed by atoms with E-state index in [1.807, 2.05) is 0 Å². The Kier molecular flexibility index (Phi) is 57.2. The highest BCUT2D eigenvalue weighted by molar-refractivity contribution is 5.71. The maximum Gasteiger partial charge on any atom is 0.306 e. The summed E-state index contributed by atoms with van der Waals surface area (Å²) in [7, 11) is 0. The standard InChI is InChI=1S/C65H116O6/c1-4-7-10-13-16-19-22-25-28-30-31-32-33-35-37-40-43-46-49-52-55-58-64(67)70-61-62(60-69-63(66)57-54-51-48-45-42-39-36-27-24-21-18-15-12-9-6-3)71-65(68)59-56-53-50-47-44-41-38-34-29-26-23-20-17-14-11-8-5-2/h7,10,16,19,25,28,31-32,35,37,62H,4-6,8-9,11-15,17-18,20-24,26-27,29-30,33-34,36,38-61H2,1-3H3/b10-7-,19-16-,28-25-,32-31-,37-35-. The van der Waals surface area contributed by atoms with Gasteiger partial charge in [-0.2, -0.15) is 0 Å². The van der Waals surface area contributed by atoms with Crippen LogP contribution in [0.15, 0.2) is 60.8 Å². The molecule has 0 radical (unpaired) electrons. The second-order valence-corrected chi connectivity index (χ2v) is 20.6. The van der Waals surface area contributed by atoms with Crippen LogP contribution in [-0.4, -0.2) is 37.2 Å². The second-order valence-electron chi connectivity index (χ2n) is 20.6. The molecule has 0 bridgehead atoms. The topological polar surface area (TPSA) is 78.9 Å². The highest BCUT2D eigenvalue weighted by atomic mass is 16.6. The highest BCUT2D eigenvalue weighted by Gasteiger charge is 2.19. The fraction of sp³-hybridized carbons (Fsp3) is 0.800. The first-order chi connectivity index (χ1) is 35.0. The van der Waals surface area contributed by atoms with Crippen molar-refractivity contribution >= 4 is 17.9 Å². The number of allylic oxidation sites excluding steroid dienone is 10. The van der Waals surface area contributed by atoms with E-state index in [1.54, 1.807) is 0 Å². The Balaban J connectivity index is 4.37. The van der Waals surface area contributed by atoms with E-state index in [0.29, 0.717) is 19.3 Å². The van der Waals surface area contributed by atoms with Crippen LogP contribution in [0.4, 0.5) is 0 Å². The molecule has 0 heterocycles. The highest BCUT2D eigenvalue weighted by Crippen LogP contribution is 2.17. The minimum Gasteiger partial charge on any atom is -0.462 e. The Labute approximate surface area is 440 Å². The van der Waals surface area contributed by atoms with Crippen molar-refractivity contribution in [2.24, 2.45) is 0 Å².